The van der Waals surface area contributed by atoms with Crippen molar-refractivity contribution in [1.29, 1.82) is 0 Å². The van der Waals surface area contributed by atoms with Crippen LogP contribution in [0.4, 0.5) is 14.5 Å². The molecule has 1 aliphatic heterocycles. The fourth-order valence-corrected chi connectivity index (χ4v) is 3.48. The van der Waals surface area contributed by atoms with Crippen LogP contribution in [0.3, 0.4) is 0 Å². The predicted molar refractivity (Wildman–Crippen MR) is 103 cm³/mol. The molecule has 2 aromatic rings. The molecule has 10 heteroatoms. The van der Waals surface area contributed by atoms with Gasteiger partial charge in [-0.2, -0.15) is 8.78 Å². The number of hydrogen-bond donors (Lipinski definition) is 1. The summed E-state index contributed by atoms with van der Waals surface area (Å²) in [6, 6.07) is 4.80. The van der Waals surface area contributed by atoms with Gasteiger partial charge in [0.2, 0.25) is 0 Å². The second-order valence-electron chi connectivity index (χ2n) is 7.19. The van der Waals surface area contributed by atoms with Crippen LogP contribution in [0.15, 0.2) is 24.4 Å². The molecule has 0 aliphatic carbocycles. The molecule has 5 nitrogen and oxygen atoms in total. The highest BCUT2D eigenvalue weighted by Crippen LogP contribution is 2.37. The Hall–Kier alpha value is -1.42. The van der Waals surface area contributed by atoms with Gasteiger partial charge in [-0.25, -0.2) is 4.98 Å². The Morgan fingerprint density at radius 2 is 1.89 bits per heavy atom. The number of hydrogen-bond acceptors (Lipinski definition) is 6. The van der Waals surface area contributed by atoms with Gasteiger partial charge in [0.1, 0.15) is 5.75 Å². The van der Waals surface area contributed by atoms with Crippen LogP contribution in [0, 0.1) is 0 Å². The molecule has 0 amide bonds. The van der Waals surface area contributed by atoms with Crippen LogP contribution in [-0.2, 0) is 15.9 Å². The Kier molecular flexibility index (Phi) is 5.68. The number of thiazole rings is 1. The SMILES string of the molecule is CC1(C)OB(c2cc(NCc3cnc(Cl)s3)cc(OC(F)F)c2)OC1(C)C. The standard InChI is InChI=1S/C17H20BClF2N2O3S/c1-16(2)17(3,4)26-18(25-16)10-5-11(7-12(6-10)24-15(20)21)22-8-13-9-23-14(19)27-13/h5-7,9,15,22H,8H2,1-4H3. The number of halogens is 3. The van der Waals surface area contributed by atoms with Crippen molar-refractivity contribution in [2.45, 2.75) is 52.1 Å². The van der Waals surface area contributed by atoms with E-state index in [0.717, 1.165) is 4.88 Å². The first-order chi connectivity index (χ1) is 12.6. The lowest BCUT2D eigenvalue weighted by Crippen LogP contribution is -2.41. The van der Waals surface area contributed by atoms with Crippen LogP contribution in [0.5, 0.6) is 5.75 Å². The van der Waals surface area contributed by atoms with E-state index in [0.29, 0.717) is 22.2 Å². The van der Waals surface area contributed by atoms with Crippen molar-refractivity contribution in [3.8, 4) is 5.75 Å². The number of alkyl halides is 2. The molecule has 146 valence electrons. The smallest absolute Gasteiger partial charge is 0.435 e. The molecular formula is C17H20BClF2N2O3S. The fraction of sp³-hybridized carbons (Fsp3) is 0.471. The van der Waals surface area contributed by atoms with Gasteiger partial charge in [-0.3, -0.25) is 0 Å². The van der Waals surface area contributed by atoms with Gasteiger partial charge >= 0.3 is 13.7 Å². The molecule has 1 aromatic heterocycles. The van der Waals surface area contributed by atoms with Crippen molar-refractivity contribution >= 4 is 41.2 Å². The summed E-state index contributed by atoms with van der Waals surface area (Å²) >= 11 is 7.17. The Morgan fingerprint density at radius 1 is 1.22 bits per heavy atom. The van der Waals surface area contributed by atoms with Crippen molar-refractivity contribution in [1.82, 2.24) is 4.98 Å². The molecular weight excluding hydrogens is 397 g/mol. The molecule has 1 fully saturated rings. The topological polar surface area (TPSA) is 52.6 Å². The fourth-order valence-electron chi connectivity index (χ4n) is 2.56. The summed E-state index contributed by atoms with van der Waals surface area (Å²) in [6.07, 6.45) is 1.66. The average molecular weight is 417 g/mol. The van der Waals surface area contributed by atoms with Gasteiger partial charge in [0.05, 0.1) is 17.7 Å². The third-order valence-electron chi connectivity index (χ3n) is 4.67. The van der Waals surface area contributed by atoms with E-state index in [-0.39, 0.29) is 5.75 Å². The monoisotopic (exact) mass is 416 g/mol. The van der Waals surface area contributed by atoms with Crippen molar-refractivity contribution in [2.24, 2.45) is 0 Å². The van der Waals surface area contributed by atoms with E-state index in [1.54, 1.807) is 12.3 Å². The summed E-state index contributed by atoms with van der Waals surface area (Å²) in [5.74, 6) is 0.0297. The van der Waals surface area contributed by atoms with Crippen LogP contribution >= 0.6 is 22.9 Å². The lowest BCUT2D eigenvalue weighted by molar-refractivity contribution is -0.0497. The number of anilines is 1. The van der Waals surface area contributed by atoms with Crippen LogP contribution in [0.25, 0.3) is 0 Å². The Balaban J connectivity index is 1.84. The molecule has 2 heterocycles. The minimum atomic E-state index is -2.92. The molecule has 3 rings (SSSR count). The molecule has 1 N–H and O–H groups in total. The third-order valence-corrected chi connectivity index (χ3v) is 5.79. The van der Waals surface area contributed by atoms with E-state index < -0.39 is 24.9 Å². The van der Waals surface area contributed by atoms with Crippen molar-refractivity contribution in [3.63, 3.8) is 0 Å². The van der Waals surface area contributed by atoms with Crippen LogP contribution in [0.1, 0.15) is 32.6 Å². The molecule has 1 saturated heterocycles. The van der Waals surface area contributed by atoms with E-state index in [4.69, 9.17) is 20.9 Å². The second kappa shape index (κ2) is 7.54. The normalized spacial score (nSPS) is 18.1. The molecule has 1 aromatic carbocycles. The number of aromatic nitrogens is 1. The van der Waals surface area contributed by atoms with E-state index in [9.17, 15) is 8.78 Å². The Bertz CT molecular complexity index is 803. The summed E-state index contributed by atoms with van der Waals surface area (Å²) < 4.78 is 42.5. The summed E-state index contributed by atoms with van der Waals surface area (Å²) in [7, 11) is -0.686. The maximum absolute atomic E-state index is 12.7. The second-order valence-corrected chi connectivity index (χ2v) is 8.89. The molecule has 0 spiro atoms. The van der Waals surface area contributed by atoms with Gasteiger partial charge < -0.3 is 19.4 Å². The number of benzene rings is 1. The van der Waals surface area contributed by atoms with Crippen LogP contribution in [-0.4, -0.2) is 29.9 Å². The van der Waals surface area contributed by atoms with E-state index in [2.05, 4.69) is 15.0 Å². The van der Waals surface area contributed by atoms with Gasteiger partial charge in [0.15, 0.2) is 4.47 Å². The van der Waals surface area contributed by atoms with Gasteiger partial charge in [-0.15, -0.1) is 11.3 Å². The zero-order valence-corrected chi connectivity index (χ0v) is 17.0. The first-order valence-electron chi connectivity index (χ1n) is 8.35. The first-order valence-corrected chi connectivity index (χ1v) is 9.55. The van der Waals surface area contributed by atoms with Crippen molar-refractivity contribution < 1.29 is 22.8 Å². The van der Waals surface area contributed by atoms with Gasteiger partial charge in [0.25, 0.3) is 0 Å². The van der Waals surface area contributed by atoms with E-state index >= 15 is 0 Å². The summed E-state index contributed by atoms with van der Waals surface area (Å²) in [6.45, 7) is 5.24. The van der Waals surface area contributed by atoms with Gasteiger partial charge in [0, 0.05) is 22.8 Å². The summed E-state index contributed by atoms with van der Waals surface area (Å²) in [5, 5.41) is 3.17. The molecule has 0 radical (unpaired) electrons. The maximum atomic E-state index is 12.7. The zero-order valence-electron chi connectivity index (χ0n) is 15.4. The molecule has 0 saturated carbocycles. The molecule has 0 bridgehead atoms. The Morgan fingerprint density at radius 3 is 2.44 bits per heavy atom. The highest BCUT2D eigenvalue weighted by atomic mass is 35.5. The van der Waals surface area contributed by atoms with Crippen LogP contribution in [0.2, 0.25) is 4.47 Å². The molecule has 0 atom stereocenters. The Labute approximate surface area is 166 Å². The van der Waals surface area contributed by atoms with Crippen molar-refractivity contribution in [2.75, 3.05) is 5.32 Å². The number of nitrogens with one attached hydrogen (secondary N) is 1. The van der Waals surface area contributed by atoms with Gasteiger partial charge in [-0.1, -0.05) is 11.6 Å². The predicted octanol–water partition coefficient (Wildman–Crippen LogP) is 4.31. The lowest BCUT2D eigenvalue weighted by atomic mass is 9.78. The molecule has 0 unspecified atom stereocenters. The molecule has 27 heavy (non-hydrogen) atoms. The van der Waals surface area contributed by atoms with Crippen molar-refractivity contribution in [3.05, 3.63) is 33.7 Å². The number of ether oxygens (including phenoxy) is 1. The summed E-state index contributed by atoms with van der Waals surface area (Å²) in [5.41, 5.74) is 0.119. The maximum Gasteiger partial charge on any atom is 0.495 e. The quantitative estimate of drug-likeness (QED) is 0.711. The molecule has 1 aliphatic rings. The largest absolute Gasteiger partial charge is 0.495 e. The zero-order chi connectivity index (χ0) is 19.8. The number of rotatable bonds is 6. The summed E-state index contributed by atoms with van der Waals surface area (Å²) in [4.78, 5) is 4.89. The van der Waals surface area contributed by atoms with Crippen LogP contribution < -0.4 is 15.5 Å². The van der Waals surface area contributed by atoms with Gasteiger partial charge in [-0.05, 0) is 45.3 Å². The third kappa shape index (κ3) is 4.71. The van der Waals surface area contributed by atoms with E-state index in [1.165, 1.54) is 23.5 Å². The first kappa shape index (κ1) is 20.3. The minimum absolute atomic E-state index is 0.0297. The lowest BCUT2D eigenvalue weighted by Gasteiger charge is -2.32. The van der Waals surface area contributed by atoms with E-state index in [1.807, 2.05) is 27.7 Å². The number of nitrogens with zero attached hydrogens (tertiary/aromatic N) is 1. The average Bonchev–Trinajstić information content (AvgIpc) is 3.05. The minimum Gasteiger partial charge on any atom is -0.435 e. The highest BCUT2D eigenvalue weighted by Gasteiger charge is 2.51. The highest BCUT2D eigenvalue weighted by molar-refractivity contribution is 7.15.